The summed E-state index contributed by atoms with van der Waals surface area (Å²) in [5.41, 5.74) is 10.6. The molecule has 0 saturated heterocycles. The van der Waals surface area contributed by atoms with E-state index in [1.165, 1.54) is 22.3 Å². The van der Waals surface area contributed by atoms with E-state index < -0.39 is 0 Å². The first-order valence-corrected chi connectivity index (χ1v) is 4.45. The monoisotopic (exact) mass is 179 g/mol. The molecule has 0 aliphatic rings. The molecule has 2 N–H and O–H groups in total. The van der Waals surface area contributed by atoms with Crippen molar-refractivity contribution >= 4 is 0 Å². The molecule has 1 aromatic rings. The van der Waals surface area contributed by atoms with Gasteiger partial charge in [-0.3, -0.25) is 0 Å². The fourth-order valence-electron chi connectivity index (χ4n) is 1.62. The molecule has 0 aliphatic carbocycles. The second-order valence-electron chi connectivity index (χ2n) is 3.33. The van der Waals surface area contributed by atoms with Crippen molar-refractivity contribution in [2.45, 2.75) is 27.3 Å². The normalized spacial score (nSPS) is 10.2. The van der Waals surface area contributed by atoms with Crippen LogP contribution in [0.3, 0.4) is 0 Å². The molecule has 0 bridgehead atoms. The van der Waals surface area contributed by atoms with E-state index in [-0.39, 0.29) is 0 Å². The van der Waals surface area contributed by atoms with Gasteiger partial charge in [-0.25, -0.2) is 0 Å². The number of nitrogens with two attached hydrogens (primary N) is 1. The summed E-state index contributed by atoms with van der Waals surface area (Å²) >= 11 is 0. The van der Waals surface area contributed by atoms with Crippen LogP contribution < -0.4 is 10.5 Å². The Morgan fingerprint density at radius 2 is 1.85 bits per heavy atom. The van der Waals surface area contributed by atoms with Crippen LogP contribution in [0.25, 0.3) is 0 Å². The Bertz CT molecular complexity index is 318. The SMILES string of the molecule is COc1cc(C)c(CN)c(C)c1C. The van der Waals surface area contributed by atoms with Gasteiger partial charge in [0.15, 0.2) is 0 Å². The lowest BCUT2D eigenvalue weighted by molar-refractivity contribution is 0.410. The van der Waals surface area contributed by atoms with Gasteiger partial charge in [-0.15, -0.1) is 0 Å². The predicted molar refractivity (Wildman–Crippen MR) is 55.1 cm³/mol. The molecule has 0 fully saturated rings. The quantitative estimate of drug-likeness (QED) is 0.754. The van der Waals surface area contributed by atoms with Gasteiger partial charge in [0.2, 0.25) is 0 Å². The van der Waals surface area contributed by atoms with Gasteiger partial charge in [-0.05, 0) is 49.1 Å². The van der Waals surface area contributed by atoms with Crippen molar-refractivity contribution < 1.29 is 4.74 Å². The minimum Gasteiger partial charge on any atom is -0.496 e. The molecule has 0 spiro atoms. The molecule has 0 aliphatic heterocycles. The molecule has 2 heteroatoms. The number of hydrogen-bond donors (Lipinski definition) is 1. The minimum atomic E-state index is 0.600. The smallest absolute Gasteiger partial charge is 0.122 e. The van der Waals surface area contributed by atoms with Gasteiger partial charge in [-0.1, -0.05) is 0 Å². The first-order valence-electron chi connectivity index (χ1n) is 4.45. The molecular formula is C11H17NO. The molecule has 0 amide bonds. The Balaban J connectivity index is 3.37. The second-order valence-corrected chi connectivity index (χ2v) is 3.33. The van der Waals surface area contributed by atoms with E-state index in [9.17, 15) is 0 Å². The zero-order chi connectivity index (χ0) is 10.0. The predicted octanol–water partition coefficient (Wildman–Crippen LogP) is 2.08. The molecule has 72 valence electrons. The van der Waals surface area contributed by atoms with Crippen LogP contribution in [0.1, 0.15) is 22.3 Å². The first kappa shape index (κ1) is 10.1. The van der Waals surface area contributed by atoms with Crippen molar-refractivity contribution in [2.24, 2.45) is 5.73 Å². The largest absolute Gasteiger partial charge is 0.496 e. The molecule has 2 nitrogen and oxygen atoms in total. The molecule has 0 unspecified atom stereocenters. The molecule has 0 saturated carbocycles. The lowest BCUT2D eigenvalue weighted by atomic mass is 9.97. The maximum absolute atomic E-state index is 5.67. The van der Waals surface area contributed by atoms with Gasteiger partial charge in [0.1, 0.15) is 5.75 Å². The van der Waals surface area contributed by atoms with Crippen molar-refractivity contribution in [2.75, 3.05) is 7.11 Å². The number of aryl methyl sites for hydroxylation is 1. The molecule has 0 radical (unpaired) electrons. The van der Waals surface area contributed by atoms with Gasteiger partial charge < -0.3 is 10.5 Å². The van der Waals surface area contributed by atoms with Crippen LogP contribution in [0, 0.1) is 20.8 Å². The van der Waals surface area contributed by atoms with E-state index in [1.807, 2.05) is 6.07 Å². The maximum Gasteiger partial charge on any atom is 0.122 e. The summed E-state index contributed by atoms with van der Waals surface area (Å²) < 4.78 is 5.27. The van der Waals surface area contributed by atoms with Gasteiger partial charge in [0.25, 0.3) is 0 Å². The molecule has 1 aromatic carbocycles. The zero-order valence-corrected chi connectivity index (χ0v) is 8.77. The van der Waals surface area contributed by atoms with Gasteiger partial charge in [0, 0.05) is 6.54 Å². The summed E-state index contributed by atoms with van der Waals surface area (Å²) in [6.45, 7) is 6.82. The summed E-state index contributed by atoms with van der Waals surface area (Å²) in [7, 11) is 1.70. The van der Waals surface area contributed by atoms with Crippen LogP contribution in [0.5, 0.6) is 5.75 Å². The van der Waals surface area contributed by atoms with Crippen LogP contribution in [0.15, 0.2) is 6.07 Å². The molecule has 0 atom stereocenters. The van der Waals surface area contributed by atoms with Crippen molar-refractivity contribution in [3.8, 4) is 5.75 Å². The highest BCUT2D eigenvalue weighted by molar-refractivity contribution is 5.47. The highest BCUT2D eigenvalue weighted by atomic mass is 16.5. The average Bonchev–Trinajstić information content (AvgIpc) is 2.12. The van der Waals surface area contributed by atoms with Crippen LogP contribution in [-0.2, 0) is 6.54 Å². The third-order valence-electron chi connectivity index (χ3n) is 2.63. The number of methoxy groups -OCH3 is 1. The van der Waals surface area contributed by atoms with Crippen LogP contribution in [0.2, 0.25) is 0 Å². The zero-order valence-electron chi connectivity index (χ0n) is 8.77. The molecular weight excluding hydrogens is 162 g/mol. The van der Waals surface area contributed by atoms with E-state index >= 15 is 0 Å². The Morgan fingerprint density at radius 1 is 1.23 bits per heavy atom. The third kappa shape index (κ3) is 1.68. The van der Waals surface area contributed by atoms with Gasteiger partial charge in [-0.2, -0.15) is 0 Å². The van der Waals surface area contributed by atoms with E-state index in [0.29, 0.717) is 6.54 Å². The van der Waals surface area contributed by atoms with Crippen LogP contribution >= 0.6 is 0 Å². The lowest BCUT2D eigenvalue weighted by Gasteiger charge is -2.14. The minimum absolute atomic E-state index is 0.600. The Hall–Kier alpha value is -1.02. The Labute approximate surface area is 79.7 Å². The standard InChI is InChI=1S/C11H17NO/c1-7-5-11(13-4)9(3)8(2)10(7)6-12/h5H,6,12H2,1-4H3. The van der Waals surface area contributed by atoms with Crippen molar-refractivity contribution in [3.63, 3.8) is 0 Å². The fraction of sp³-hybridized carbons (Fsp3) is 0.455. The van der Waals surface area contributed by atoms with E-state index in [1.54, 1.807) is 7.11 Å². The van der Waals surface area contributed by atoms with E-state index in [2.05, 4.69) is 20.8 Å². The number of rotatable bonds is 2. The van der Waals surface area contributed by atoms with Crippen molar-refractivity contribution in [1.29, 1.82) is 0 Å². The highest BCUT2D eigenvalue weighted by Crippen LogP contribution is 2.26. The van der Waals surface area contributed by atoms with E-state index in [4.69, 9.17) is 10.5 Å². The summed E-state index contributed by atoms with van der Waals surface area (Å²) in [6.07, 6.45) is 0. The molecule has 13 heavy (non-hydrogen) atoms. The Kier molecular flexibility index (Phi) is 2.94. The average molecular weight is 179 g/mol. The number of hydrogen-bond acceptors (Lipinski definition) is 2. The number of benzene rings is 1. The van der Waals surface area contributed by atoms with Crippen LogP contribution in [0.4, 0.5) is 0 Å². The van der Waals surface area contributed by atoms with Gasteiger partial charge in [0.05, 0.1) is 7.11 Å². The lowest BCUT2D eigenvalue weighted by Crippen LogP contribution is -2.04. The first-order chi connectivity index (χ1) is 6.11. The Morgan fingerprint density at radius 3 is 2.31 bits per heavy atom. The van der Waals surface area contributed by atoms with Gasteiger partial charge >= 0.3 is 0 Å². The summed E-state index contributed by atoms with van der Waals surface area (Å²) in [5.74, 6) is 0.951. The topological polar surface area (TPSA) is 35.2 Å². The van der Waals surface area contributed by atoms with Crippen molar-refractivity contribution in [3.05, 3.63) is 28.3 Å². The highest BCUT2D eigenvalue weighted by Gasteiger charge is 2.08. The summed E-state index contributed by atoms with van der Waals surface area (Å²) in [6, 6.07) is 2.05. The maximum atomic E-state index is 5.67. The second kappa shape index (κ2) is 3.79. The third-order valence-corrected chi connectivity index (χ3v) is 2.63. The summed E-state index contributed by atoms with van der Waals surface area (Å²) in [4.78, 5) is 0. The molecule has 0 heterocycles. The van der Waals surface area contributed by atoms with Crippen LogP contribution in [-0.4, -0.2) is 7.11 Å². The molecule has 1 rings (SSSR count). The fourth-order valence-corrected chi connectivity index (χ4v) is 1.62. The summed E-state index contributed by atoms with van der Waals surface area (Å²) in [5, 5.41) is 0. The number of ether oxygens (including phenoxy) is 1. The van der Waals surface area contributed by atoms with E-state index in [0.717, 1.165) is 5.75 Å². The molecule has 0 aromatic heterocycles. The van der Waals surface area contributed by atoms with Crippen molar-refractivity contribution in [1.82, 2.24) is 0 Å².